The lowest BCUT2D eigenvalue weighted by molar-refractivity contribution is -0.136. The zero-order valence-corrected chi connectivity index (χ0v) is 19.1. The minimum atomic E-state index is 0.0766. The standard InChI is InChI=1S/C26H43NO2/c1-17-4-6-20-19(16-17)5-7-22-21(20)10-11-26(3)23(22)8-9-24(26)25(28)18(2)27-12-14-29-15-13-27/h17-24H,4-16H2,1-3H3/t17-,18?,19+,20-,21?,22+,23?,24+,26-/m0/s1. The third kappa shape index (κ3) is 3.43. The minimum Gasteiger partial charge on any atom is -0.379 e. The van der Waals surface area contributed by atoms with Gasteiger partial charge in [0, 0.05) is 19.0 Å². The van der Waals surface area contributed by atoms with E-state index in [1.54, 1.807) is 0 Å². The van der Waals surface area contributed by atoms with E-state index >= 15 is 0 Å². The molecule has 0 N–H and O–H groups in total. The van der Waals surface area contributed by atoms with Crippen molar-refractivity contribution in [1.29, 1.82) is 0 Å². The summed E-state index contributed by atoms with van der Waals surface area (Å²) >= 11 is 0. The first-order chi connectivity index (χ1) is 14.0. The fourth-order valence-electron chi connectivity index (χ4n) is 8.99. The Hall–Kier alpha value is -0.410. The van der Waals surface area contributed by atoms with Crippen molar-refractivity contribution < 1.29 is 9.53 Å². The van der Waals surface area contributed by atoms with Crippen molar-refractivity contribution in [3.8, 4) is 0 Å². The zero-order valence-electron chi connectivity index (χ0n) is 19.1. The number of fused-ring (bicyclic) bond motifs is 5. The molecule has 0 amide bonds. The summed E-state index contributed by atoms with van der Waals surface area (Å²) in [7, 11) is 0. The molecule has 0 aromatic carbocycles. The Bertz CT molecular complexity index is 614. The van der Waals surface area contributed by atoms with Gasteiger partial charge in [-0.1, -0.05) is 20.3 Å². The highest BCUT2D eigenvalue weighted by atomic mass is 16.5. The van der Waals surface area contributed by atoms with Crippen molar-refractivity contribution in [3.05, 3.63) is 0 Å². The van der Waals surface area contributed by atoms with Crippen LogP contribution >= 0.6 is 0 Å². The van der Waals surface area contributed by atoms with Gasteiger partial charge in [0.2, 0.25) is 0 Å². The summed E-state index contributed by atoms with van der Waals surface area (Å²) in [5, 5.41) is 0. The lowest BCUT2D eigenvalue weighted by Crippen LogP contribution is -2.52. The molecule has 0 spiro atoms. The molecule has 3 heteroatoms. The Kier molecular flexibility index (Phi) is 5.60. The lowest BCUT2D eigenvalue weighted by atomic mass is 9.49. The fraction of sp³-hybridized carbons (Fsp3) is 0.962. The Labute approximate surface area is 178 Å². The number of rotatable bonds is 3. The van der Waals surface area contributed by atoms with Crippen LogP contribution in [0.15, 0.2) is 0 Å². The number of nitrogens with zero attached hydrogens (tertiary/aromatic N) is 1. The van der Waals surface area contributed by atoms with Crippen molar-refractivity contribution >= 4 is 5.78 Å². The topological polar surface area (TPSA) is 29.5 Å². The lowest BCUT2D eigenvalue weighted by Gasteiger charge is -2.56. The van der Waals surface area contributed by atoms with Crippen LogP contribution < -0.4 is 0 Å². The summed E-state index contributed by atoms with van der Waals surface area (Å²) in [6.07, 6.45) is 12.6. The minimum absolute atomic E-state index is 0.0766. The Morgan fingerprint density at radius 2 is 1.72 bits per heavy atom. The van der Waals surface area contributed by atoms with E-state index in [1.165, 1.54) is 51.4 Å². The summed E-state index contributed by atoms with van der Waals surface area (Å²) in [5.41, 5.74) is 0.271. The second-order valence-electron chi connectivity index (χ2n) is 11.8. The average Bonchev–Trinajstić information content (AvgIpc) is 3.10. The van der Waals surface area contributed by atoms with E-state index < -0.39 is 0 Å². The second kappa shape index (κ2) is 7.93. The summed E-state index contributed by atoms with van der Waals surface area (Å²) in [5.74, 6) is 6.54. The molecule has 1 heterocycles. The molecule has 0 aromatic heterocycles. The van der Waals surface area contributed by atoms with Crippen LogP contribution in [0.2, 0.25) is 0 Å². The summed E-state index contributed by atoms with van der Waals surface area (Å²) in [6.45, 7) is 10.6. The molecule has 1 saturated heterocycles. The van der Waals surface area contributed by atoms with Crippen LogP contribution in [-0.2, 0) is 9.53 Å². The van der Waals surface area contributed by atoms with Crippen LogP contribution in [0.4, 0.5) is 0 Å². The molecule has 5 rings (SSSR count). The highest BCUT2D eigenvalue weighted by Gasteiger charge is 2.58. The van der Waals surface area contributed by atoms with Crippen molar-refractivity contribution in [1.82, 2.24) is 4.90 Å². The van der Waals surface area contributed by atoms with Gasteiger partial charge >= 0.3 is 0 Å². The van der Waals surface area contributed by atoms with Gasteiger partial charge in [-0.05, 0) is 99.2 Å². The first-order valence-electron chi connectivity index (χ1n) is 12.8. The maximum absolute atomic E-state index is 13.6. The number of hydrogen-bond acceptors (Lipinski definition) is 3. The monoisotopic (exact) mass is 401 g/mol. The number of Topliss-reactive ketones (excluding diaryl/α,β-unsaturated/α-hetero) is 1. The average molecular weight is 402 g/mol. The number of ketones is 1. The van der Waals surface area contributed by atoms with Gasteiger partial charge in [0.1, 0.15) is 0 Å². The molecular weight excluding hydrogens is 358 g/mol. The zero-order chi connectivity index (χ0) is 20.2. The van der Waals surface area contributed by atoms with Gasteiger partial charge in [-0.3, -0.25) is 9.69 Å². The number of hydrogen-bond donors (Lipinski definition) is 0. The summed E-state index contributed by atoms with van der Waals surface area (Å²) in [4.78, 5) is 16.0. The van der Waals surface area contributed by atoms with E-state index in [1.807, 2.05) is 0 Å². The molecule has 0 aromatic rings. The van der Waals surface area contributed by atoms with Crippen molar-refractivity contribution in [3.63, 3.8) is 0 Å². The number of carbonyl (C=O) groups excluding carboxylic acids is 1. The number of morpholine rings is 1. The normalized spacial score (nSPS) is 49.0. The van der Waals surface area contributed by atoms with Crippen LogP contribution in [0.1, 0.15) is 78.6 Å². The molecule has 0 bridgehead atoms. The molecule has 5 aliphatic rings. The highest BCUT2D eigenvalue weighted by Crippen LogP contribution is 2.64. The van der Waals surface area contributed by atoms with Gasteiger partial charge in [0.05, 0.1) is 19.3 Å². The SMILES string of the molecule is CC(C(=O)[C@H]1CCC2[C@@H]3CC[C@@H]4C[C@@H](C)CC[C@@H]4C3CC[C@@]21C)N1CCOCC1. The smallest absolute Gasteiger partial charge is 0.153 e. The summed E-state index contributed by atoms with van der Waals surface area (Å²) in [6, 6.07) is 0.0766. The van der Waals surface area contributed by atoms with Crippen molar-refractivity contribution in [2.75, 3.05) is 26.3 Å². The predicted molar refractivity (Wildman–Crippen MR) is 117 cm³/mol. The molecule has 5 fully saturated rings. The molecule has 4 aliphatic carbocycles. The van der Waals surface area contributed by atoms with Gasteiger partial charge in [-0.25, -0.2) is 0 Å². The van der Waals surface area contributed by atoms with Crippen molar-refractivity contribution in [2.45, 2.75) is 84.6 Å². The van der Waals surface area contributed by atoms with Crippen LogP contribution in [0.3, 0.4) is 0 Å². The third-order valence-corrected chi connectivity index (χ3v) is 10.6. The number of carbonyl (C=O) groups is 1. The van der Waals surface area contributed by atoms with E-state index in [2.05, 4.69) is 25.7 Å². The van der Waals surface area contributed by atoms with Crippen LogP contribution in [0.5, 0.6) is 0 Å². The Morgan fingerprint density at radius 3 is 2.52 bits per heavy atom. The van der Waals surface area contributed by atoms with E-state index in [9.17, 15) is 4.79 Å². The van der Waals surface area contributed by atoms with Crippen LogP contribution in [0.25, 0.3) is 0 Å². The van der Waals surface area contributed by atoms with E-state index in [0.29, 0.717) is 11.7 Å². The van der Waals surface area contributed by atoms with E-state index in [4.69, 9.17) is 4.74 Å². The maximum atomic E-state index is 13.6. The molecule has 29 heavy (non-hydrogen) atoms. The number of ether oxygens (including phenoxy) is 1. The van der Waals surface area contributed by atoms with Crippen molar-refractivity contribution in [2.24, 2.45) is 46.8 Å². The first-order valence-corrected chi connectivity index (χ1v) is 12.8. The molecule has 9 atom stereocenters. The fourth-order valence-corrected chi connectivity index (χ4v) is 8.99. The van der Waals surface area contributed by atoms with Crippen LogP contribution in [-0.4, -0.2) is 43.0 Å². The molecule has 0 radical (unpaired) electrons. The highest BCUT2D eigenvalue weighted by molar-refractivity contribution is 5.87. The molecule has 3 nitrogen and oxygen atoms in total. The molecule has 4 saturated carbocycles. The predicted octanol–water partition coefficient (Wildman–Crippen LogP) is 5.18. The largest absolute Gasteiger partial charge is 0.379 e. The third-order valence-electron chi connectivity index (χ3n) is 10.6. The molecule has 164 valence electrons. The second-order valence-corrected chi connectivity index (χ2v) is 11.8. The van der Waals surface area contributed by atoms with Gasteiger partial charge in [-0.15, -0.1) is 0 Å². The van der Waals surface area contributed by atoms with E-state index in [0.717, 1.165) is 68.2 Å². The Balaban J connectivity index is 1.30. The molecular formula is C26H43NO2. The first kappa shape index (κ1) is 20.5. The summed E-state index contributed by atoms with van der Waals surface area (Å²) < 4.78 is 5.52. The quantitative estimate of drug-likeness (QED) is 0.652. The van der Waals surface area contributed by atoms with E-state index in [-0.39, 0.29) is 11.5 Å². The van der Waals surface area contributed by atoms with Gasteiger partial charge in [0.15, 0.2) is 5.78 Å². The van der Waals surface area contributed by atoms with Gasteiger partial charge in [0.25, 0.3) is 0 Å². The van der Waals surface area contributed by atoms with Crippen LogP contribution in [0, 0.1) is 46.8 Å². The molecule has 3 unspecified atom stereocenters. The Morgan fingerprint density at radius 1 is 0.966 bits per heavy atom. The maximum Gasteiger partial charge on any atom is 0.153 e. The van der Waals surface area contributed by atoms with Gasteiger partial charge in [-0.2, -0.15) is 0 Å². The molecule has 1 aliphatic heterocycles. The van der Waals surface area contributed by atoms with Gasteiger partial charge < -0.3 is 4.74 Å².